The summed E-state index contributed by atoms with van der Waals surface area (Å²) in [6.07, 6.45) is 1.79. The zero-order valence-electron chi connectivity index (χ0n) is 5.62. The first-order valence-corrected chi connectivity index (χ1v) is 5.27. The van der Waals surface area contributed by atoms with E-state index in [0.717, 1.165) is 5.32 Å². The molecule has 0 aliphatic heterocycles. The van der Waals surface area contributed by atoms with E-state index in [2.05, 4.69) is 6.58 Å². The molecule has 0 fully saturated rings. The van der Waals surface area contributed by atoms with Crippen LogP contribution in [0, 0.1) is 0 Å². The second kappa shape index (κ2) is 5.47. The Morgan fingerprint density at radius 1 is 1.90 bits per heavy atom. The number of allylic oxidation sites excluding steroid dienone is 1. The molecule has 0 heterocycles. The number of nitrogens with two attached hydrogens (primary N) is 1. The van der Waals surface area contributed by atoms with E-state index in [4.69, 9.17) is 10.8 Å². The van der Waals surface area contributed by atoms with Crippen LogP contribution in [0.15, 0.2) is 12.7 Å². The summed E-state index contributed by atoms with van der Waals surface area (Å²) in [6.45, 7) is 3.53. The van der Waals surface area contributed by atoms with Gasteiger partial charge in [-0.25, -0.2) is 0 Å². The third-order valence-electron chi connectivity index (χ3n) is 0.850. The predicted octanol–water partition coefficient (Wildman–Crippen LogP) is 0.125. The van der Waals surface area contributed by atoms with Crippen LogP contribution in [0.25, 0.3) is 0 Å². The van der Waals surface area contributed by atoms with Crippen molar-refractivity contribution in [2.75, 3.05) is 0 Å². The van der Waals surface area contributed by atoms with Gasteiger partial charge in [0, 0.05) is 0 Å². The van der Waals surface area contributed by atoms with Crippen LogP contribution in [0.4, 0.5) is 0 Å². The Balaban J connectivity index is 3.30. The summed E-state index contributed by atoms with van der Waals surface area (Å²) in [7, 11) is 0. The Kier molecular flexibility index (Phi) is 5.30. The maximum absolute atomic E-state index is 10.2. The van der Waals surface area contributed by atoms with E-state index < -0.39 is 12.0 Å². The average molecular weight is 208 g/mol. The molecule has 0 spiro atoms. The molecule has 0 saturated heterocycles. The molecule has 0 amide bonds. The van der Waals surface area contributed by atoms with E-state index in [1.165, 1.54) is 0 Å². The standard InChI is InChI=1S/C6H11NO2Se/c1-2-3-10-4-5(7)6(8)9/h2,5H,1,3-4,7H2,(H,8,9)/t5-/m1/s1. The molecule has 0 aromatic carbocycles. The molecule has 0 unspecified atom stereocenters. The van der Waals surface area contributed by atoms with Crippen LogP contribution in [0.3, 0.4) is 0 Å². The van der Waals surface area contributed by atoms with Gasteiger partial charge in [0.25, 0.3) is 0 Å². The first-order valence-electron chi connectivity index (χ1n) is 2.85. The zero-order valence-corrected chi connectivity index (χ0v) is 7.33. The quantitative estimate of drug-likeness (QED) is 0.383. The van der Waals surface area contributed by atoms with Crippen molar-refractivity contribution >= 4 is 20.9 Å². The van der Waals surface area contributed by atoms with Gasteiger partial charge in [0.15, 0.2) is 0 Å². The van der Waals surface area contributed by atoms with Gasteiger partial charge in [-0.15, -0.1) is 0 Å². The van der Waals surface area contributed by atoms with E-state index in [0.29, 0.717) is 20.3 Å². The normalized spacial score (nSPS) is 12.5. The Bertz CT molecular complexity index is 127. The molecule has 3 N–H and O–H groups in total. The average Bonchev–Trinajstić information content (AvgIpc) is 1.88. The zero-order chi connectivity index (χ0) is 7.98. The van der Waals surface area contributed by atoms with Crippen molar-refractivity contribution in [3.05, 3.63) is 12.7 Å². The summed E-state index contributed by atoms with van der Waals surface area (Å²) < 4.78 is 0. The molecule has 0 aliphatic rings. The third kappa shape index (κ3) is 4.56. The van der Waals surface area contributed by atoms with E-state index in [-0.39, 0.29) is 0 Å². The van der Waals surface area contributed by atoms with Crippen LogP contribution in [0.2, 0.25) is 10.6 Å². The van der Waals surface area contributed by atoms with Gasteiger partial charge in [-0.3, -0.25) is 0 Å². The third-order valence-corrected chi connectivity index (χ3v) is 3.09. The van der Waals surface area contributed by atoms with Crippen molar-refractivity contribution in [3.8, 4) is 0 Å². The number of hydrogen-bond donors (Lipinski definition) is 2. The Labute approximate surface area is 66.5 Å². The number of rotatable bonds is 5. The van der Waals surface area contributed by atoms with Crippen molar-refractivity contribution in [1.82, 2.24) is 0 Å². The molecule has 0 aromatic rings. The second-order valence-electron chi connectivity index (χ2n) is 1.77. The van der Waals surface area contributed by atoms with Crippen molar-refractivity contribution in [2.24, 2.45) is 5.73 Å². The van der Waals surface area contributed by atoms with Gasteiger partial charge in [0.1, 0.15) is 0 Å². The first-order chi connectivity index (χ1) is 4.68. The number of aliphatic carboxylic acids is 1. The summed E-state index contributed by atoms with van der Waals surface area (Å²) in [5, 5.41) is 9.83. The van der Waals surface area contributed by atoms with Gasteiger partial charge in [0.2, 0.25) is 0 Å². The van der Waals surface area contributed by atoms with Crippen LogP contribution >= 0.6 is 0 Å². The topological polar surface area (TPSA) is 63.3 Å². The Morgan fingerprint density at radius 2 is 2.50 bits per heavy atom. The second-order valence-corrected chi connectivity index (χ2v) is 4.03. The van der Waals surface area contributed by atoms with Crippen LogP contribution in [-0.4, -0.2) is 32.1 Å². The first kappa shape index (κ1) is 9.69. The van der Waals surface area contributed by atoms with E-state index in [1.807, 2.05) is 0 Å². The van der Waals surface area contributed by atoms with Crippen LogP contribution < -0.4 is 5.73 Å². The van der Waals surface area contributed by atoms with Crippen molar-refractivity contribution in [3.63, 3.8) is 0 Å². The molecule has 3 nitrogen and oxygen atoms in total. The van der Waals surface area contributed by atoms with Crippen LogP contribution in [-0.2, 0) is 4.79 Å². The molecule has 4 heteroatoms. The number of carboxylic acids is 1. The van der Waals surface area contributed by atoms with Gasteiger partial charge < -0.3 is 0 Å². The van der Waals surface area contributed by atoms with Crippen LogP contribution in [0.1, 0.15) is 0 Å². The summed E-state index contributed by atoms with van der Waals surface area (Å²) in [5.41, 5.74) is 5.24. The number of carbonyl (C=O) groups is 1. The molecular formula is C6H11NO2Se. The van der Waals surface area contributed by atoms with Gasteiger partial charge in [-0.1, -0.05) is 0 Å². The minimum atomic E-state index is -0.911. The number of hydrogen-bond acceptors (Lipinski definition) is 2. The minimum absolute atomic E-state index is 0.305. The van der Waals surface area contributed by atoms with Gasteiger partial charge in [-0.05, 0) is 0 Å². The molecule has 0 rings (SSSR count). The summed E-state index contributed by atoms with van der Waals surface area (Å²) >= 11 is 0.305. The monoisotopic (exact) mass is 209 g/mol. The molecule has 58 valence electrons. The fourth-order valence-electron chi connectivity index (χ4n) is 0.350. The molecular weight excluding hydrogens is 197 g/mol. The van der Waals surface area contributed by atoms with Gasteiger partial charge in [0.05, 0.1) is 0 Å². The number of carboxylic acid groups (broad SMARTS) is 1. The van der Waals surface area contributed by atoms with Crippen molar-refractivity contribution in [2.45, 2.75) is 16.7 Å². The molecule has 0 bridgehead atoms. The summed E-state index contributed by atoms with van der Waals surface area (Å²) in [5.74, 6) is -0.911. The van der Waals surface area contributed by atoms with Gasteiger partial charge in [-0.2, -0.15) is 0 Å². The van der Waals surface area contributed by atoms with Crippen LogP contribution in [0.5, 0.6) is 0 Å². The molecule has 0 radical (unpaired) electrons. The summed E-state index contributed by atoms with van der Waals surface area (Å²) in [4.78, 5) is 10.2. The van der Waals surface area contributed by atoms with Gasteiger partial charge >= 0.3 is 65.9 Å². The van der Waals surface area contributed by atoms with E-state index >= 15 is 0 Å². The molecule has 0 saturated carbocycles. The van der Waals surface area contributed by atoms with Crippen molar-refractivity contribution < 1.29 is 9.90 Å². The fraction of sp³-hybridized carbons (Fsp3) is 0.500. The Hall–Kier alpha value is -0.311. The van der Waals surface area contributed by atoms with E-state index in [9.17, 15) is 4.79 Å². The SMILES string of the molecule is C=CC[Se]C[C@@H](N)C(=O)O. The predicted molar refractivity (Wildman–Crippen MR) is 41.2 cm³/mol. The van der Waals surface area contributed by atoms with Crippen molar-refractivity contribution in [1.29, 1.82) is 0 Å². The maximum atomic E-state index is 10.2. The molecule has 0 aromatic heterocycles. The fourth-order valence-corrected chi connectivity index (χ4v) is 1.82. The molecule has 1 atom stereocenters. The Morgan fingerprint density at radius 3 is 2.90 bits per heavy atom. The molecule has 10 heavy (non-hydrogen) atoms. The van der Waals surface area contributed by atoms with E-state index in [1.54, 1.807) is 6.08 Å². The molecule has 0 aliphatic carbocycles. The summed E-state index contributed by atoms with van der Waals surface area (Å²) in [6, 6.07) is -0.681.